The van der Waals surface area contributed by atoms with Crippen LogP contribution in [0.25, 0.3) is 0 Å². The van der Waals surface area contributed by atoms with E-state index in [1.165, 1.54) is 167 Å². The number of allylic oxidation sites excluding steroid dienone is 2. The summed E-state index contributed by atoms with van der Waals surface area (Å²) in [5, 5.41) is 3.21. The Bertz CT molecular complexity index is 765. The van der Waals surface area contributed by atoms with Gasteiger partial charge in [-0.05, 0) is 58.5 Å². The lowest BCUT2D eigenvalue weighted by molar-refractivity contribution is -0.142. The molecule has 0 saturated carbocycles. The quantitative estimate of drug-likeness (QED) is 0.0514. The standard InChI is InChI=1S/C45H89N3O2/c1-7-9-11-13-15-17-19-21-23-25-27-29-31-33-35-37-39-46-45(50)44(42(3)4)48(41-40-47(5)6)43(49)38-36-34-32-30-28-26-24-22-20-18-16-14-12-10-8-2/h22,24,42,44H,7-21,23,25-41H2,1-6H3,(H,46,50)/b24-22-. The van der Waals surface area contributed by atoms with E-state index in [9.17, 15) is 9.59 Å². The average molecular weight is 704 g/mol. The highest BCUT2D eigenvalue weighted by Gasteiger charge is 2.31. The topological polar surface area (TPSA) is 52.7 Å². The highest BCUT2D eigenvalue weighted by atomic mass is 16.2. The van der Waals surface area contributed by atoms with Gasteiger partial charge in [-0.15, -0.1) is 0 Å². The van der Waals surface area contributed by atoms with Gasteiger partial charge in [0.15, 0.2) is 0 Å². The summed E-state index contributed by atoms with van der Waals surface area (Å²) in [5.41, 5.74) is 0. The minimum absolute atomic E-state index is 0.0256. The van der Waals surface area contributed by atoms with E-state index in [-0.39, 0.29) is 17.7 Å². The molecule has 1 atom stereocenters. The van der Waals surface area contributed by atoms with E-state index in [0.717, 1.165) is 25.8 Å². The number of likely N-dealkylation sites (N-methyl/N-ethyl adjacent to an activating group) is 1. The fourth-order valence-electron chi connectivity index (χ4n) is 7.01. The van der Waals surface area contributed by atoms with Crippen LogP contribution in [0.2, 0.25) is 0 Å². The summed E-state index contributed by atoms with van der Waals surface area (Å²) in [5.74, 6) is 0.249. The molecule has 0 aromatic rings. The number of hydrogen-bond donors (Lipinski definition) is 1. The molecule has 0 aromatic heterocycles. The van der Waals surface area contributed by atoms with Crippen molar-refractivity contribution in [1.29, 1.82) is 0 Å². The van der Waals surface area contributed by atoms with Gasteiger partial charge in [-0.25, -0.2) is 0 Å². The van der Waals surface area contributed by atoms with E-state index in [4.69, 9.17) is 0 Å². The first-order valence-corrected chi connectivity index (χ1v) is 22.2. The number of rotatable bonds is 38. The summed E-state index contributed by atoms with van der Waals surface area (Å²) in [4.78, 5) is 30.9. The first-order chi connectivity index (χ1) is 24.3. The third-order valence-electron chi connectivity index (χ3n) is 10.3. The lowest BCUT2D eigenvalue weighted by atomic mass is 10.00. The zero-order chi connectivity index (χ0) is 36.9. The molecule has 0 heterocycles. The summed E-state index contributed by atoms with van der Waals surface area (Å²) in [6, 6.07) is -0.397. The summed E-state index contributed by atoms with van der Waals surface area (Å²) in [7, 11) is 4.07. The maximum atomic E-state index is 13.5. The smallest absolute Gasteiger partial charge is 0.243 e. The van der Waals surface area contributed by atoms with E-state index >= 15 is 0 Å². The molecule has 0 bridgehead atoms. The summed E-state index contributed by atoms with van der Waals surface area (Å²) in [6.07, 6.45) is 43.1. The van der Waals surface area contributed by atoms with E-state index in [1.54, 1.807) is 0 Å². The average Bonchev–Trinajstić information content (AvgIpc) is 3.09. The minimum Gasteiger partial charge on any atom is -0.354 e. The van der Waals surface area contributed by atoms with E-state index in [0.29, 0.717) is 19.5 Å². The van der Waals surface area contributed by atoms with Crippen molar-refractivity contribution < 1.29 is 9.59 Å². The number of nitrogens with zero attached hydrogens (tertiary/aromatic N) is 2. The molecule has 5 nitrogen and oxygen atoms in total. The predicted octanol–water partition coefficient (Wildman–Crippen LogP) is 12.8. The van der Waals surface area contributed by atoms with Gasteiger partial charge in [-0.1, -0.05) is 188 Å². The number of amides is 2. The van der Waals surface area contributed by atoms with E-state index < -0.39 is 6.04 Å². The Kier molecular flexibility index (Phi) is 36.4. The molecular weight excluding hydrogens is 615 g/mol. The zero-order valence-electron chi connectivity index (χ0n) is 34.9. The predicted molar refractivity (Wildman–Crippen MR) is 221 cm³/mol. The third kappa shape index (κ3) is 31.4. The summed E-state index contributed by atoms with van der Waals surface area (Å²) in [6.45, 7) is 10.8. The second kappa shape index (κ2) is 37.4. The number of unbranched alkanes of at least 4 members (excludes halogenated alkanes) is 26. The first-order valence-electron chi connectivity index (χ1n) is 22.2. The second-order valence-corrected chi connectivity index (χ2v) is 16.0. The molecule has 0 aromatic carbocycles. The van der Waals surface area contributed by atoms with Gasteiger partial charge in [0.25, 0.3) is 0 Å². The van der Waals surface area contributed by atoms with Crippen molar-refractivity contribution >= 4 is 11.8 Å². The Morgan fingerprint density at radius 1 is 0.520 bits per heavy atom. The molecule has 0 saturated heterocycles. The Morgan fingerprint density at radius 2 is 0.900 bits per heavy atom. The maximum absolute atomic E-state index is 13.5. The highest BCUT2D eigenvalue weighted by Crippen LogP contribution is 2.17. The molecule has 0 fully saturated rings. The molecule has 5 heteroatoms. The van der Waals surface area contributed by atoms with Gasteiger partial charge < -0.3 is 15.1 Å². The molecule has 50 heavy (non-hydrogen) atoms. The van der Waals surface area contributed by atoms with Crippen LogP contribution < -0.4 is 5.32 Å². The maximum Gasteiger partial charge on any atom is 0.243 e. The second-order valence-electron chi connectivity index (χ2n) is 16.0. The Morgan fingerprint density at radius 3 is 1.30 bits per heavy atom. The lowest BCUT2D eigenvalue weighted by Crippen LogP contribution is -2.54. The van der Waals surface area contributed by atoms with Crippen LogP contribution in [0.3, 0.4) is 0 Å². The van der Waals surface area contributed by atoms with Gasteiger partial charge in [0.2, 0.25) is 11.8 Å². The third-order valence-corrected chi connectivity index (χ3v) is 10.3. The van der Waals surface area contributed by atoms with Crippen molar-refractivity contribution in [3.63, 3.8) is 0 Å². The Balaban J connectivity index is 4.21. The summed E-state index contributed by atoms with van der Waals surface area (Å²) < 4.78 is 0. The van der Waals surface area contributed by atoms with E-state index in [2.05, 4.69) is 50.1 Å². The highest BCUT2D eigenvalue weighted by molar-refractivity contribution is 5.88. The van der Waals surface area contributed by atoms with Crippen LogP contribution >= 0.6 is 0 Å². The van der Waals surface area contributed by atoms with Gasteiger partial charge in [0.1, 0.15) is 6.04 Å². The Labute approximate surface area is 313 Å². The Hall–Kier alpha value is -1.36. The molecule has 0 radical (unpaired) electrons. The van der Waals surface area contributed by atoms with Gasteiger partial charge in [0.05, 0.1) is 0 Å². The van der Waals surface area contributed by atoms with Crippen molar-refractivity contribution in [2.75, 3.05) is 33.7 Å². The van der Waals surface area contributed by atoms with Crippen LogP contribution in [-0.2, 0) is 9.59 Å². The van der Waals surface area contributed by atoms with Crippen molar-refractivity contribution in [2.24, 2.45) is 5.92 Å². The molecule has 0 spiro atoms. The molecular formula is C45H89N3O2. The zero-order valence-corrected chi connectivity index (χ0v) is 34.9. The van der Waals surface area contributed by atoms with Crippen LogP contribution in [0.15, 0.2) is 12.2 Å². The van der Waals surface area contributed by atoms with Crippen LogP contribution in [0.4, 0.5) is 0 Å². The first kappa shape index (κ1) is 48.6. The van der Waals surface area contributed by atoms with Crippen molar-refractivity contribution in [3.8, 4) is 0 Å². The fraction of sp³-hybridized carbons (Fsp3) is 0.911. The molecule has 0 rings (SSSR count). The molecule has 0 aliphatic rings. The molecule has 1 unspecified atom stereocenters. The molecule has 2 amide bonds. The molecule has 0 aliphatic heterocycles. The molecule has 296 valence electrons. The van der Waals surface area contributed by atoms with Crippen LogP contribution in [-0.4, -0.2) is 61.4 Å². The molecule has 1 N–H and O–H groups in total. The fourth-order valence-corrected chi connectivity index (χ4v) is 7.01. The van der Waals surface area contributed by atoms with Crippen molar-refractivity contribution in [2.45, 2.75) is 226 Å². The van der Waals surface area contributed by atoms with E-state index in [1.807, 2.05) is 19.0 Å². The lowest BCUT2D eigenvalue weighted by Gasteiger charge is -2.34. The summed E-state index contributed by atoms with van der Waals surface area (Å²) >= 11 is 0. The monoisotopic (exact) mass is 704 g/mol. The van der Waals surface area contributed by atoms with Crippen molar-refractivity contribution in [1.82, 2.24) is 15.1 Å². The number of nitrogens with one attached hydrogen (secondary N) is 1. The van der Waals surface area contributed by atoms with Crippen LogP contribution in [0, 0.1) is 5.92 Å². The minimum atomic E-state index is -0.397. The van der Waals surface area contributed by atoms with Crippen LogP contribution in [0.5, 0.6) is 0 Å². The largest absolute Gasteiger partial charge is 0.354 e. The van der Waals surface area contributed by atoms with Crippen LogP contribution in [0.1, 0.15) is 220 Å². The SMILES string of the molecule is CCCCCCCC/C=C\CCCCCCCC(=O)N(CCN(C)C)C(C(=O)NCCCCCCCCCCCCCCCCCC)C(C)C. The number of hydrogen-bond acceptors (Lipinski definition) is 3. The normalized spacial score (nSPS) is 12.4. The van der Waals surface area contributed by atoms with Gasteiger partial charge in [-0.3, -0.25) is 9.59 Å². The molecule has 0 aliphatic carbocycles. The number of carbonyl (C=O) groups excluding carboxylic acids is 2. The van der Waals surface area contributed by atoms with Crippen molar-refractivity contribution in [3.05, 3.63) is 12.2 Å². The van der Waals surface area contributed by atoms with Gasteiger partial charge >= 0.3 is 0 Å². The van der Waals surface area contributed by atoms with Gasteiger partial charge in [0, 0.05) is 26.1 Å². The van der Waals surface area contributed by atoms with Gasteiger partial charge in [-0.2, -0.15) is 0 Å². The number of carbonyl (C=O) groups is 2.